The molecule has 6 rings (SSSR count). The molecule has 0 saturated carbocycles. The Bertz CT molecular complexity index is 1930. The third-order valence-corrected chi connectivity index (χ3v) is 10.6. The van der Waals surface area contributed by atoms with Gasteiger partial charge in [-0.15, -0.1) is 0 Å². The number of nitrogens with one attached hydrogen (secondary N) is 2. The van der Waals surface area contributed by atoms with Crippen LogP contribution in [0.15, 0.2) is 52.0 Å². The van der Waals surface area contributed by atoms with Crippen molar-refractivity contribution in [3.8, 4) is 0 Å². The average Bonchev–Trinajstić information content (AvgIpc) is 3.68. The summed E-state index contributed by atoms with van der Waals surface area (Å²) in [5.41, 5.74) is 1.75. The number of aromatic amines is 1. The fraction of sp³-hybridized carbons (Fsp3) is 0.355. The molecule has 1 amide bonds. The number of rotatable bonds is 8. The number of hydrogen-bond acceptors (Lipinski definition) is 9. The average molecular weight is 654 g/mol. The molecule has 0 aliphatic carbocycles. The van der Waals surface area contributed by atoms with Crippen molar-refractivity contribution in [2.24, 2.45) is 0 Å². The number of Topliss-reactive ketones (excluding diaryl/α,β-unsaturated/α-hetero) is 1. The van der Waals surface area contributed by atoms with E-state index in [0.29, 0.717) is 34.5 Å². The van der Waals surface area contributed by atoms with Crippen LogP contribution in [0.1, 0.15) is 57.3 Å². The van der Waals surface area contributed by atoms with E-state index >= 15 is 0 Å². The maximum Gasteiger partial charge on any atom is 0.260 e. The number of carbonyl (C=O) groups excluding carboxylic acids is 2. The van der Waals surface area contributed by atoms with Crippen molar-refractivity contribution in [3.63, 3.8) is 0 Å². The first-order valence-electron chi connectivity index (χ1n) is 14.6. The summed E-state index contributed by atoms with van der Waals surface area (Å²) in [5, 5.41) is 13.8. The molecule has 2 aromatic carbocycles. The highest BCUT2D eigenvalue weighted by atomic mass is 32.2. The molecule has 1 fully saturated rings. The van der Waals surface area contributed by atoms with Gasteiger partial charge in [0, 0.05) is 61.3 Å². The summed E-state index contributed by atoms with van der Waals surface area (Å²) in [4.78, 5) is 30.9. The predicted molar refractivity (Wildman–Crippen MR) is 164 cm³/mol. The molecular formula is C31H33F2N7O5S. The lowest BCUT2D eigenvalue weighted by atomic mass is 9.98. The van der Waals surface area contributed by atoms with Crippen molar-refractivity contribution in [1.29, 1.82) is 0 Å². The van der Waals surface area contributed by atoms with E-state index < -0.39 is 38.0 Å². The number of aryl methyl sites for hydroxylation is 1. The largest absolute Gasteiger partial charge is 0.369 e. The van der Waals surface area contributed by atoms with Crippen molar-refractivity contribution in [2.45, 2.75) is 44.2 Å². The summed E-state index contributed by atoms with van der Waals surface area (Å²) in [6.45, 7) is 8.00. The molecule has 0 bridgehead atoms. The van der Waals surface area contributed by atoms with Gasteiger partial charge in [0.05, 0.1) is 34.4 Å². The first-order valence-corrected chi connectivity index (χ1v) is 16.1. The lowest BCUT2D eigenvalue weighted by Gasteiger charge is -2.34. The van der Waals surface area contributed by atoms with Crippen LogP contribution >= 0.6 is 0 Å². The summed E-state index contributed by atoms with van der Waals surface area (Å²) < 4.78 is 61.2. The van der Waals surface area contributed by atoms with Gasteiger partial charge in [0.15, 0.2) is 5.78 Å². The van der Waals surface area contributed by atoms with Crippen LogP contribution in [0.4, 0.5) is 20.2 Å². The number of hydrogen-bond donors (Lipinski definition) is 2. The number of anilines is 2. The minimum absolute atomic E-state index is 0.166. The van der Waals surface area contributed by atoms with Crippen molar-refractivity contribution in [3.05, 3.63) is 88.1 Å². The summed E-state index contributed by atoms with van der Waals surface area (Å²) in [7, 11) is -2.29. The van der Waals surface area contributed by atoms with E-state index in [1.807, 2.05) is 6.07 Å². The van der Waals surface area contributed by atoms with Gasteiger partial charge in [0.25, 0.3) is 5.91 Å². The van der Waals surface area contributed by atoms with Crippen LogP contribution in [0.5, 0.6) is 0 Å². The second kappa shape index (κ2) is 11.7. The van der Waals surface area contributed by atoms with Gasteiger partial charge in [0.1, 0.15) is 23.0 Å². The van der Waals surface area contributed by atoms with E-state index in [1.54, 1.807) is 32.9 Å². The Morgan fingerprint density at radius 1 is 1.04 bits per heavy atom. The van der Waals surface area contributed by atoms with Crippen LogP contribution in [0.2, 0.25) is 0 Å². The van der Waals surface area contributed by atoms with E-state index in [-0.39, 0.29) is 29.9 Å². The molecule has 2 aromatic heterocycles. The molecule has 1 saturated heterocycles. The summed E-state index contributed by atoms with van der Waals surface area (Å²) in [5.74, 6) is -2.53. The number of piperazine rings is 1. The Kier molecular flexibility index (Phi) is 8.02. The normalized spacial score (nSPS) is 16.9. The van der Waals surface area contributed by atoms with E-state index in [1.165, 1.54) is 6.20 Å². The molecule has 0 atom stereocenters. The monoisotopic (exact) mass is 653 g/mol. The fourth-order valence-electron chi connectivity index (χ4n) is 5.98. The minimum Gasteiger partial charge on any atom is -0.369 e. The number of benzene rings is 2. The van der Waals surface area contributed by atoms with Crippen molar-refractivity contribution in [1.82, 2.24) is 24.6 Å². The van der Waals surface area contributed by atoms with Crippen molar-refractivity contribution in [2.75, 3.05) is 43.4 Å². The number of likely N-dealkylation sites (N-methyl/N-ethyl adjacent to an activating group) is 1. The molecule has 46 heavy (non-hydrogen) atoms. The number of ketones is 1. The molecule has 2 aliphatic rings. The molecule has 2 aliphatic heterocycles. The zero-order valence-electron chi connectivity index (χ0n) is 25.7. The Morgan fingerprint density at radius 3 is 2.39 bits per heavy atom. The smallest absolute Gasteiger partial charge is 0.260 e. The van der Waals surface area contributed by atoms with Gasteiger partial charge in [-0.25, -0.2) is 17.2 Å². The topological polar surface area (TPSA) is 145 Å². The summed E-state index contributed by atoms with van der Waals surface area (Å²) in [6.07, 6.45) is 1.13. The van der Waals surface area contributed by atoms with Crippen LogP contribution in [0.25, 0.3) is 0 Å². The number of H-pyrrole nitrogens is 1. The second-order valence-electron chi connectivity index (χ2n) is 12.1. The molecule has 242 valence electrons. The van der Waals surface area contributed by atoms with Crippen LogP contribution in [0, 0.1) is 18.6 Å². The Hall–Kier alpha value is -4.47. The molecule has 12 nitrogen and oxygen atoms in total. The number of nitrogens with zero attached hydrogens (tertiary/aromatic N) is 5. The van der Waals surface area contributed by atoms with E-state index in [0.717, 1.165) is 48.3 Å². The van der Waals surface area contributed by atoms with Crippen LogP contribution in [0.3, 0.4) is 0 Å². The van der Waals surface area contributed by atoms with Crippen molar-refractivity contribution < 1.29 is 31.3 Å². The van der Waals surface area contributed by atoms with Crippen LogP contribution in [-0.4, -0.2) is 77.9 Å². The minimum atomic E-state index is -4.34. The number of amides is 1. The number of halogens is 2. The third kappa shape index (κ3) is 5.69. The molecule has 2 N–H and O–H groups in total. The quantitative estimate of drug-likeness (QED) is 0.271. The SMILES string of the molecule is Cc1oncc1C(=O)Nc1cc(N2CCN(C)CC2)ccc1C(=O)Cc1[nH]nc2c1CN(S(=O)(=O)c1cc(F)cc(F)c1)C2(C)C. The van der Waals surface area contributed by atoms with Gasteiger partial charge in [-0.05, 0) is 58.2 Å². The third-order valence-electron chi connectivity index (χ3n) is 8.63. The van der Waals surface area contributed by atoms with Gasteiger partial charge >= 0.3 is 0 Å². The molecule has 0 spiro atoms. The van der Waals surface area contributed by atoms with Gasteiger partial charge in [-0.1, -0.05) is 5.16 Å². The Morgan fingerprint density at radius 2 is 1.74 bits per heavy atom. The molecular weight excluding hydrogens is 620 g/mol. The van der Waals surface area contributed by atoms with E-state index in [2.05, 4.69) is 37.5 Å². The summed E-state index contributed by atoms with van der Waals surface area (Å²) >= 11 is 0. The van der Waals surface area contributed by atoms with Gasteiger partial charge in [-0.2, -0.15) is 9.40 Å². The Balaban J connectivity index is 1.30. The zero-order chi connectivity index (χ0) is 33.0. The zero-order valence-corrected chi connectivity index (χ0v) is 26.5. The van der Waals surface area contributed by atoms with E-state index in [9.17, 15) is 26.8 Å². The lowest BCUT2D eigenvalue weighted by molar-refractivity contribution is 0.0992. The first kappa shape index (κ1) is 31.5. The second-order valence-corrected chi connectivity index (χ2v) is 13.9. The van der Waals surface area contributed by atoms with Gasteiger partial charge in [-0.3, -0.25) is 14.7 Å². The molecule has 0 radical (unpaired) electrons. The molecule has 4 aromatic rings. The number of sulfonamides is 1. The van der Waals surface area contributed by atoms with Crippen LogP contribution < -0.4 is 10.2 Å². The number of fused-ring (bicyclic) bond motifs is 1. The summed E-state index contributed by atoms with van der Waals surface area (Å²) in [6, 6.07) is 7.42. The lowest BCUT2D eigenvalue weighted by Crippen LogP contribution is -2.44. The van der Waals surface area contributed by atoms with Gasteiger partial charge in [0.2, 0.25) is 10.0 Å². The highest BCUT2D eigenvalue weighted by molar-refractivity contribution is 7.89. The molecule has 0 unspecified atom stereocenters. The maximum absolute atomic E-state index is 14.0. The standard InChI is InChI=1S/C31H33F2N7O5S/c1-18-24(16-34-45-18)30(42)35-26-14-21(39-9-7-38(4)8-10-39)5-6-23(26)28(41)15-27-25-17-40(31(2,3)29(25)37-36-27)46(43,44)22-12-19(32)11-20(33)13-22/h5-6,11-14,16H,7-10,15,17H2,1-4H3,(H,35,42)(H,36,37). The highest BCUT2D eigenvalue weighted by Crippen LogP contribution is 2.43. The van der Waals surface area contributed by atoms with Gasteiger partial charge < -0.3 is 19.6 Å². The first-order chi connectivity index (χ1) is 21.8. The molecule has 4 heterocycles. The highest BCUT2D eigenvalue weighted by Gasteiger charge is 2.48. The van der Waals surface area contributed by atoms with E-state index in [4.69, 9.17) is 4.52 Å². The fourth-order valence-corrected chi connectivity index (χ4v) is 7.74. The number of carbonyl (C=O) groups is 2. The predicted octanol–water partition coefficient (Wildman–Crippen LogP) is 3.85. The number of aromatic nitrogens is 3. The Labute approximate surface area is 264 Å². The van der Waals surface area contributed by atoms with Crippen molar-refractivity contribution >= 4 is 33.1 Å². The molecule has 15 heteroatoms. The van der Waals surface area contributed by atoms with Crippen LogP contribution in [-0.2, 0) is 28.5 Å². The maximum atomic E-state index is 14.0.